The molecule has 1 saturated heterocycles. The van der Waals surface area contributed by atoms with Gasteiger partial charge in [0.05, 0.1) is 12.3 Å². The maximum absolute atomic E-state index is 12.2. The summed E-state index contributed by atoms with van der Waals surface area (Å²) in [6.45, 7) is 4.16. The Balaban J connectivity index is 1.91. The Morgan fingerprint density at radius 3 is 2.42 bits per heavy atom. The third-order valence-corrected chi connectivity index (χ3v) is 4.83. The standard InChI is InChI=1S/C16H22N2O5S/c1-11-5-4-6-12(2)14(11)23-9-8-18-15(19)13(17-16(18)20)7-10-24(3,21)22/h4-6,13H,7-10H2,1-3H3,(H,17,20). The van der Waals surface area contributed by atoms with Crippen LogP contribution in [0.1, 0.15) is 17.5 Å². The number of carbonyl (C=O) groups excluding carboxylic acids is 2. The molecule has 1 aromatic rings. The molecule has 0 aromatic heterocycles. The number of sulfone groups is 1. The predicted molar refractivity (Wildman–Crippen MR) is 89.8 cm³/mol. The van der Waals surface area contributed by atoms with Gasteiger partial charge in [-0.1, -0.05) is 18.2 Å². The van der Waals surface area contributed by atoms with Gasteiger partial charge in [0.1, 0.15) is 28.2 Å². The van der Waals surface area contributed by atoms with E-state index in [0.717, 1.165) is 28.0 Å². The minimum absolute atomic E-state index is 0.0810. The van der Waals surface area contributed by atoms with Gasteiger partial charge in [-0.15, -0.1) is 0 Å². The van der Waals surface area contributed by atoms with Crippen molar-refractivity contribution in [2.24, 2.45) is 0 Å². The molecular formula is C16H22N2O5S. The van der Waals surface area contributed by atoms with Gasteiger partial charge in [0.25, 0.3) is 5.91 Å². The molecule has 3 amide bonds. The van der Waals surface area contributed by atoms with Crippen molar-refractivity contribution in [1.29, 1.82) is 0 Å². The number of amides is 3. The fourth-order valence-electron chi connectivity index (χ4n) is 2.58. The van der Waals surface area contributed by atoms with Crippen LogP contribution in [0.2, 0.25) is 0 Å². The number of aryl methyl sites for hydroxylation is 2. The summed E-state index contributed by atoms with van der Waals surface area (Å²) in [6, 6.07) is 4.49. The van der Waals surface area contributed by atoms with Gasteiger partial charge < -0.3 is 10.1 Å². The zero-order valence-electron chi connectivity index (χ0n) is 14.0. The second-order valence-electron chi connectivity index (χ2n) is 5.98. The lowest BCUT2D eigenvalue weighted by atomic mass is 10.1. The molecule has 1 aliphatic rings. The van der Waals surface area contributed by atoms with Crippen molar-refractivity contribution in [1.82, 2.24) is 10.2 Å². The van der Waals surface area contributed by atoms with Gasteiger partial charge in [0.2, 0.25) is 0 Å². The zero-order chi connectivity index (χ0) is 17.9. The average Bonchev–Trinajstić information content (AvgIpc) is 2.74. The summed E-state index contributed by atoms with van der Waals surface area (Å²) in [7, 11) is -3.18. The number of hydrogen-bond acceptors (Lipinski definition) is 5. The van der Waals surface area contributed by atoms with Crippen LogP contribution in [0.3, 0.4) is 0 Å². The molecule has 1 fully saturated rings. The van der Waals surface area contributed by atoms with Crippen LogP contribution in [0.15, 0.2) is 18.2 Å². The Morgan fingerprint density at radius 1 is 1.21 bits per heavy atom. The smallest absolute Gasteiger partial charge is 0.324 e. The van der Waals surface area contributed by atoms with Crippen molar-refractivity contribution in [2.45, 2.75) is 26.3 Å². The first-order valence-corrected chi connectivity index (χ1v) is 9.73. The van der Waals surface area contributed by atoms with Crippen LogP contribution in [0.5, 0.6) is 5.75 Å². The first-order chi connectivity index (χ1) is 11.2. The fourth-order valence-corrected chi connectivity index (χ4v) is 3.25. The van der Waals surface area contributed by atoms with E-state index in [4.69, 9.17) is 4.74 Å². The Kier molecular flexibility index (Phi) is 5.48. The number of imide groups is 1. The molecule has 1 aromatic carbocycles. The highest BCUT2D eigenvalue weighted by atomic mass is 32.2. The number of hydrogen-bond donors (Lipinski definition) is 1. The minimum Gasteiger partial charge on any atom is -0.491 e. The second kappa shape index (κ2) is 7.21. The molecule has 0 saturated carbocycles. The number of urea groups is 1. The van der Waals surface area contributed by atoms with Crippen LogP contribution < -0.4 is 10.1 Å². The number of benzene rings is 1. The Hall–Kier alpha value is -2.09. The van der Waals surface area contributed by atoms with E-state index in [0.29, 0.717) is 0 Å². The van der Waals surface area contributed by atoms with Gasteiger partial charge in [0, 0.05) is 6.26 Å². The van der Waals surface area contributed by atoms with Crippen molar-refractivity contribution in [3.05, 3.63) is 29.3 Å². The third-order valence-electron chi connectivity index (χ3n) is 3.85. The first kappa shape index (κ1) is 18.3. The van der Waals surface area contributed by atoms with Crippen LogP contribution in [0.25, 0.3) is 0 Å². The largest absolute Gasteiger partial charge is 0.491 e. The lowest BCUT2D eigenvalue weighted by molar-refractivity contribution is -0.127. The molecule has 132 valence electrons. The van der Waals surface area contributed by atoms with Gasteiger partial charge >= 0.3 is 6.03 Å². The molecule has 1 heterocycles. The summed E-state index contributed by atoms with van der Waals surface area (Å²) in [5.41, 5.74) is 1.97. The summed E-state index contributed by atoms with van der Waals surface area (Å²) in [6.07, 6.45) is 1.18. The molecule has 24 heavy (non-hydrogen) atoms. The molecular weight excluding hydrogens is 332 g/mol. The molecule has 0 spiro atoms. The minimum atomic E-state index is -3.18. The summed E-state index contributed by atoms with van der Waals surface area (Å²) in [4.78, 5) is 25.2. The SMILES string of the molecule is Cc1cccc(C)c1OCCN1C(=O)NC(CCS(C)(=O)=O)C1=O. The van der Waals surface area contributed by atoms with Crippen molar-refractivity contribution >= 4 is 21.8 Å². The van der Waals surface area contributed by atoms with Crippen molar-refractivity contribution in [3.63, 3.8) is 0 Å². The quantitative estimate of drug-likeness (QED) is 0.739. The van der Waals surface area contributed by atoms with Gasteiger partial charge in [-0.2, -0.15) is 0 Å². The van der Waals surface area contributed by atoms with E-state index in [2.05, 4.69) is 5.32 Å². The zero-order valence-corrected chi connectivity index (χ0v) is 14.9. The van der Waals surface area contributed by atoms with Crippen LogP contribution in [0.4, 0.5) is 4.79 Å². The summed E-state index contributed by atoms with van der Waals surface area (Å²) in [5.74, 6) is 0.197. The van der Waals surface area contributed by atoms with E-state index >= 15 is 0 Å². The molecule has 1 aliphatic heterocycles. The maximum atomic E-state index is 12.2. The maximum Gasteiger partial charge on any atom is 0.324 e. The van der Waals surface area contributed by atoms with Crippen LogP contribution in [-0.4, -0.2) is 56.5 Å². The molecule has 2 rings (SSSR count). The third kappa shape index (κ3) is 4.47. The molecule has 1 unspecified atom stereocenters. The van der Waals surface area contributed by atoms with Gasteiger partial charge in [-0.3, -0.25) is 9.69 Å². The van der Waals surface area contributed by atoms with Gasteiger partial charge in [-0.05, 0) is 31.4 Å². The van der Waals surface area contributed by atoms with Crippen LogP contribution in [-0.2, 0) is 14.6 Å². The van der Waals surface area contributed by atoms with Crippen LogP contribution in [0, 0.1) is 13.8 Å². The lowest BCUT2D eigenvalue weighted by Crippen LogP contribution is -2.35. The Labute approximate surface area is 141 Å². The molecule has 1 N–H and O–H groups in total. The molecule has 0 radical (unpaired) electrons. The molecule has 7 nitrogen and oxygen atoms in total. The number of nitrogens with one attached hydrogen (secondary N) is 1. The summed E-state index contributed by atoms with van der Waals surface area (Å²) >= 11 is 0. The van der Waals surface area contributed by atoms with Gasteiger partial charge in [0.15, 0.2) is 0 Å². The van der Waals surface area contributed by atoms with E-state index in [1.165, 1.54) is 0 Å². The molecule has 0 aliphatic carbocycles. The van der Waals surface area contributed by atoms with Crippen molar-refractivity contribution in [3.8, 4) is 5.75 Å². The number of carbonyl (C=O) groups is 2. The van der Waals surface area contributed by atoms with Crippen LogP contribution >= 0.6 is 0 Å². The normalized spacial score (nSPS) is 18.0. The number of rotatable bonds is 7. The van der Waals surface area contributed by atoms with Gasteiger partial charge in [-0.25, -0.2) is 13.2 Å². The number of nitrogens with zero attached hydrogens (tertiary/aromatic N) is 1. The van der Waals surface area contributed by atoms with E-state index < -0.39 is 27.8 Å². The van der Waals surface area contributed by atoms with Crippen molar-refractivity contribution < 1.29 is 22.7 Å². The van der Waals surface area contributed by atoms with E-state index in [1.807, 2.05) is 32.0 Å². The van der Waals surface area contributed by atoms with Crippen molar-refractivity contribution in [2.75, 3.05) is 25.2 Å². The molecule has 0 bridgehead atoms. The molecule has 1 atom stereocenters. The van der Waals surface area contributed by atoms with E-state index in [1.54, 1.807) is 0 Å². The monoisotopic (exact) mass is 354 g/mol. The summed E-state index contributed by atoms with van der Waals surface area (Å²) in [5, 5.41) is 2.52. The topological polar surface area (TPSA) is 92.8 Å². The highest BCUT2D eigenvalue weighted by molar-refractivity contribution is 7.90. The lowest BCUT2D eigenvalue weighted by Gasteiger charge is -2.16. The highest BCUT2D eigenvalue weighted by Gasteiger charge is 2.37. The number of para-hydroxylation sites is 1. The first-order valence-electron chi connectivity index (χ1n) is 7.67. The van der Waals surface area contributed by atoms with E-state index in [-0.39, 0.29) is 25.3 Å². The number of ether oxygens (including phenoxy) is 1. The Bertz CT molecular complexity index is 725. The highest BCUT2D eigenvalue weighted by Crippen LogP contribution is 2.22. The summed E-state index contributed by atoms with van der Waals surface area (Å²) < 4.78 is 28.1. The van der Waals surface area contributed by atoms with E-state index in [9.17, 15) is 18.0 Å². The predicted octanol–water partition coefficient (Wildman–Crippen LogP) is 1.04. The Morgan fingerprint density at radius 2 is 1.83 bits per heavy atom. The fraction of sp³-hybridized carbons (Fsp3) is 0.500. The second-order valence-corrected chi connectivity index (χ2v) is 8.24. The molecule has 8 heteroatoms. The average molecular weight is 354 g/mol.